The van der Waals surface area contributed by atoms with Crippen molar-refractivity contribution < 1.29 is 14.3 Å². The van der Waals surface area contributed by atoms with Gasteiger partial charge in [0.15, 0.2) is 18.5 Å². The third-order valence-electron chi connectivity index (χ3n) is 2.61. The zero-order chi connectivity index (χ0) is 13.0. The van der Waals surface area contributed by atoms with E-state index in [4.69, 9.17) is 14.7 Å². The van der Waals surface area contributed by atoms with Crippen LogP contribution in [0, 0.1) is 11.3 Å². The van der Waals surface area contributed by atoms with Crippen LogP contribution in [-0.2, 0) is 14.3 Å². The molecule has 2 rings (SSSR count). The van der Waals surface area contributed by atoms with Crippen LogP contribution in [0.25, 0.3) is 0 Å². The predicted molar refractivity (Wildman–Crippen MR) is 63.9 cm³/mol. The fourth-order valence-corrected chi connectivity index (χ4v) is 1.74. The molecule has 92 valence electrons. The van der Waals surface area contributed by atoms with Crippen LogP contribution in [0.5, 0.6) is 0 Å². The van der Waals surface area contributed by atoms with Gasteiger partial charge in [-0.25, -0.2) is 9.79 Å². The summed E-state index contributed by atoms with van der Waals surface area (Å²) in [5.74, 6) is -0.402. The van der Waals surface area contributed by atoms with Crippen LogP contribution < -0.4 is 0 Å². The fraction of sp³-hybridized carbons (Fsp3) is 0.308. The SMILES string of the molecule is CCOC(=O)[C@@H]1N=COC1c1ccc(C#N)cc1. The summed E-state index contributed by atoms with van der Waals surface area (Å²) in [4.78, 5) is 15.7. The Bertz CT molecular complexity index is 502. The number of nitrogens with zero attached hydrogens (tertiary/aromatic N) is 2. The molecule has 0 spiro atoms. The van der Waals surface area contributed by atoms with Crippen LogP contribution in [0.3, 0.4) is 0 Å². The zero-order valence-corrected chi connectivity index (χ0v) is 9.87. The number of benzene rings is 1. The second kappa shape index (κ2) is 5.32. The topological polar surface area (TPSA) is 71.7 Å². The molecule has 0 fully saturated rings. The highest BCUT2D eigenvalue weighted by molar-refractivity contribution is 5.80. The molecule has 1 aliphatic rings. The first-order valence-electron chi connectivity index (χ1n) is 5.60. The number of rotatable bonds is 3. The van der Waals surface area contributed by atoms with E-state index in [1.807, 2.05) is 6.07 Å². The minimum atomic E-state index is -0.669. The van der Waals surface area contributed by atoms with Crippen molar-refractivity contribution in [3.8, 4) is 6.07 Å². The molecule has 2 atom stereocenters. The van der Waals surface area contributed by atoms with Crippen molar-refractivity contribution >= 4 is 12.4 Å². The number of nitriles is 1. The molecule has 1 aliphatic heterocycles. The van der Waals surface area contributed by atoms with Crippen molar-refractivity contribution in [2.75, 3.05) is 6.61 Å². The summed E-state index contributed by atoms with van der Waals surface area (Å²) in [7, 11) is 0. The molecular formula is C13H12N2O3. The highest BCUT2D eigenvalue weighted by Gasteiger charge is 2.34. The molecule has 0 bridgehead atoms. The smallest absolute Gasteiger partial charge is 0.335 e. The summed E-state index contributed by atoms with van der Waals surface area (Å²) < 4.78 is 10.3. The molecule has 0 amide bonds. The Morgan fingerprint density at radius 1 is 1.50 bits per heavy atom. The lowest BCUT2D eigenvalue weighted by molar-refractivity contribution is -0.146. The summed E-state index contributed by atoms with van der Waals surface area (Å²) in [6, 6.07) is 8.23. The molecule has 1 unspecified atom stereocenters. The van der Waals surface area contributed by atoms with Gasteiger partial charge in [-0.05, 0) is 24.6 Å². The molecule has 0 saturated carbocycles. The second-order valence-electron chi connectivity index (χ2n) is 3.74. The molecule has 0 saturated heterocycles. The van der Waals surface area contributed by atoms with E-state index >= 15 is 0 Å². The Kier molecular flexibility index (Phi) is 3.58. The Balaban J connectivity index is 2.17. The van der Waals surface area contributed by atoms with Gasteiger partial charge in [-0.3, -0.25) is 0 Å². The van der Waals surface area contributed by atoms with Crippen molar-refractivity contribution in [2.24, 2.45) is 4.99 Å². The fourth-order valence-electron chi connectivity index (χ4n) is 1.74. The van der Waals surface area contributed by atoms with Gasteiger partial charge >= 0.3 is 5.97 Å². The molecule has 1 heterocycles. The van der Waals surface area contributed by atoms with Crippen LogP contribution >= 0.6 is 0 Å². The number of esters is 1. The standard InChI is InChI=1S/C13H12N2O3/c1-2-17-13(16)11-12(18-8-15-11)10-5-3-9(7-14)4-6-10/h3-6,8,11-12H,2H2,1H3/t11-,12?/m1/s1. The molecule has 0 radical (unpaired) electrons. The van der Waals surface area contributed by atoms with Crippen LogP contribution in [0.2, 0.25) is 0 Å². The summed E-state index contributed by atoms with van der Waals surface area (Å²) in [5, 5.41) is 8.72. The van der Waals surface area contributed by atoms with Crippen LogP contribution in [0.4, 0.5) is 0 Å². The summed E-state index contributed by atoms with van der Waals surface area (Å²) in [6.45, 7) is 2.05. The monoisotopic (exact) mass is 244 g/mol. The van der Waals surface area contributed by atoms with Gasteiger partial charge in [0.2, 0.25) is 0 Å². The van der Waals surface area contributed by atoms with Crippen molar-refractivity contribution in [2.45, 2.75) is 19.1 Å². The molecule has 0 aliphatic carbocycles. The van der Waals surface area contributed by atoms with E-state index in [9.17, 15) is 4.79 Å². The Hall–Kier alpha value is -2.35. The van der Waals surface area contributed by atoms with Gasteiger partial charge < -0.3 is 9.47 Å². The van der Waals surface area contributed by atoms with Crippen LogP contribution in [-0.4, -0.2) is 25.0 Å². The molecular weight excluding hydrogens is 232 g/mol. The van der Waals surface area contributed by atoms with Crippen molar-refractivity contribution in [3.63, 3.8) is 0 Å². The van der Waals surface area contributed by atoms with Gasteiger partial charge in [-0.1, -0.05) is 12.1 Å². The summed E-state index contributed by atoms with van der Waals surface area (Å²) in [6.07, 6.45) is 0.793. The lowest BCUT2D eigenvalue weighted by atomic mass is 10.0. The Labute approximate surface area is 105 Å². The molecule has 5 nitrogen and oxygen atoms in total. The highest BCUT2D eigenvalue weighted by Crippen LogP contribution is 2.27. The van der Waals surface area contributed by atoms with Crippen molar-refractivity contribution in [1.82, 2.24) is 0 Å². The third kappa shape index (κ3) is 2.33. The third-order valence-corrected chi connectivity index (χ3v) is 2.61. The minimum absolute atomic E-state index is 0.310. The van der Waals surface area contributed by atoms with E-state index in [-0.39, 0.29) is 0 Å². The number of carbonyl (C=O) groups excluding carboxylic acids is 1. The first kappa shape index (κ1) is 12.1. The Morgan fingerprint density at radius 2 is 2.22 bits per heavy atom. The van der Waals surface area contributed by atoms with Crippen molar-refractivity contribution in [3.05, 3.63) is 35.4 Å². The van der Waals surface area contributed by atoms with Crippen LogP contribution in [0.1, 0.15) is 24.2 Å². The normalized spacial score (nSPS) is 21.1. The lowest BCUT2D eigenvalue weighted by Gasteiger charge is -2.16. The largest absolute Gasteiger partial charge is 0.473 e. The maximum absolute atomic E-state index is 11.7. The van der Waals surface area contributed by atoms with E-state index in [2.05, 4.69) is 4.99 Å². The van der Waals surface area contributed by atoms with Gasteiger partial charge in [-0.2, -0.15) is 5.26 Å². The van der Waals surface area contributed by atoms with E-state index < -0.39 is 18.1 Å². The molecule has 0 N–H and O–H groups in total. The lowest BCUT2D eigenvalue weighted by Crippen LogP contribution is -2.26. The van der Waals surface area contributed by atoms with Crippen molar-refractivity contribution in [1.29, 1.82) is 5.26 Å². The van der Waals surface area contributed by atoms with Gasteiger partial charge in [-0.15, -0.1) is 0 Å². The molecule has 18 heavy (non-hydrogen) atoms. The van der Waals surface area contributed by atoms with Gasteiger partial charge in [0, 0.05) is 0 Å². The maximum Gasteiger partial charge on any atom is 0.335 e. The number of hydrogen-bond donors (Lipinski definition) is 0. The number of ether oxygens (including phenoxy) is 2. The first-order chi connectivity index (χ1) is 8.76. The summed E-state index contributed by atoms with van der Waals surface area (Å²) in [5.41, 5.74) is 1.36. The number of aliphatic imine (C=N–C) groups is 1. The quantitative estimate of drug-likeness (QED) is 0.757. The second-order valence-corrected chi connectivity index (χ2v) is 3.74. The van der Waals surface area contributed by atoms with E-state index in [1.54, 1.807) is 31.2 Å². The highest BCUT2D eigenvalue weighted by atomic mass is 16.5. The molecule has 1 aromatic rings. The first-order valence-corrected chi connectivity index (χ1v) is 5.60. The van der Waals surface area contributed by atoms with Gasteiger partial charge in [0.1, 0.15) is 0 Å². The zero-order valence-electron chi connectivity index (χ0n) is 9.87. The molecule has 1 aromatic carbocycles. The van der Waals surface area contributed by atoms with Gasteiger partial charge in [0.25, 0.3) is 0 Å². The van der Waals surface area contributed by atoms with E-state index in [0.717, 1.165) is 5.56 Å². The Morgan fingerprint density at radius 3 is 2.83 bits per heavy atom. The van der Waals surface area contributed by atoms with E-state index in [0.29, 0.717) is 12.2 Å². The average molecular weight is 244 g/mol. The predicted octanol–water partition coefficient (Wildman–Crippen LogP) is 1.59. The average Bonchev–Trinajstić information content (AvgIpc) is 2.88. The molecule has 5 heteroatoms. The molecule has 0 aromatic heterocycles. The minimum Gasteiger partial charge on any atom is -0.473 e. The summed E-state index contributed by atoms with van der Waals surface area (Å²) >= 11 is 0. The maximum atomic E-state index is 11.7. The number of hydrogen-bond acceptors (Lipinski definition) is 5. The van der Waals surface area contributed by atoms with E-state index in [1.165, 1.54) is 6.40 Å². The number of carbonyl (C=O) groups is 1. The van der Waals surface area contributed by atoms with Gasteiger partial charge in [0.05, 0.1) is 18.2 Å². The van der Waals surface area contributed by atoms with Crippen LogP contribution in [0.15, 0.2) is 29.3 Å².